The van der Waals surface area contributed by atoms with Gasteiger partial charge in [0.2, 0.25) is 0 Å². The second-order valence-electron chi connectivity index (χ2n) is 3.40. The smallest absolute Gasteiger partial charge is 0.0947 e. The van der Waals surface area contributed by atoms with E-state index in [1.807, 2.05) is 17.8 Å². The lowest BCUT2D eigenvalue weighted by atomic mass is 10.2. The Labute approximate surface area is 90.5 Å². The highest BCUT2D eigenvalue weighted by Crippen LogP contribution is 2.05. The molecule has 0 saturated heterocycles. The van der Waals surface area contributed by atoms with Gasteiger partial charge in [0.05, 0.1) is 12.5 Å². The quantitative estimate of drug-likeness (QED) is 0.705. The van der Waals surface area contributed by atoms with E-state index in [0.29, 0.717) is 6.04 Å². The molecule has 80 valence electrons. The molecule has 0 aliphatic rings. The molecule has 1 N–H and O–H groups in total. The van der Waals surface area contributed by atoms with E-state index < -0.39 is 0 Å². The summed E-state index contributed by atoms with van der Waals surface area (Å²) in [7, 11) is 0. The summed E-state index contributed by atoms with van der Waals surface area (Å²) in [6.45, 7) is 5.35. The zero-order valence-electron chi connectivity index (χ0n) is 8.95. The van der Waals surface area contributed by atoms with Crippen molar-refractivity contribution < 1.29 is 4.42 Å². The summed E-state index contributed by atoms with van der Waals surface area (Å²) in [5, 5.41) is 3.47. The first kappa shape index (κ1) is 11.7. The van der Waals surface area contributed by atoms with Gasteiger partial charge in [0.25, 0.3) is 0 Å². The van der Waals surface area contributed by atoms with Crippen LogP contribution >= 0.6 is 11.8 Å². The Hall–Kier alpha value is -0.410. The maximum absolute atomic E-state index is 5.00. The molecule has 0 aliphatic carbocycles. The highest BCUT2D eigenvalue weighted by molar-refractivity contribution is 7.99. The molecule has 0 spiro atoms. The summed E-state index contributed by atoms with van der Waals surface area (Å²) in [4.78, 5) is 0. The van der Waals surface area contributed by atoms with Gasteiger partial charge in [0.15, 0.2) is 0 Å². The standard InChI is InChI=1S/C11H19NOS/c1-3-14-7-5-10(2)12-8-11-4-6-13-9-11/h4,6,9-10,12H,3,5,7-8H2,1-2H3. The zero-order valence-corrected chi connectivity index (χ0v) is 9.77. The molecule has 3 heteroatoms. The van der Waals surface area contributed by atoms with E-state index in [2.05, 4.69) is 19.2 Å². The Morgan fingerprint density at radius 2 is 2.43 bits per heavy atom. The lowest BCUT2D eigenvalue weighted by Gasteiger charge is -2.12. The number of rotatable bonds is 7. The minimum atomic E-state index is 0.587. The van der Waals surface area contributed by atoms with Crippen LogP contribution in [0, 0.1) is 0 Å². The van der Waals surface area contributed by atoms with Gasteiger partial charge in [-0.2, -0.15) is 11.8 Å². The molecule has 0 radical (unpaired) electrons. The molecular weight excluding hydrogens is 194 g/mol. The summed E-state index contributed by atoms with van der Waals surface area (Å²) >= 11 is 2.00. The van der Waals surface area contributed by atoms with Crippen molar-refractivity contribution in [1.82, 2.24) is 5.32 Å². The summed E-state index contributed by atoms with van der Waals surface area (Å²) in [5.41, 5.74) is 1.22. The lowest BCUT2D eigenvalue weighted by molar-refractivity contribution is 0.527. The average Bonchev–Trinajstić information content (AvgIpc) is 2.68. The van der Waals surface area contributed by atoms with Crippen molar-refractivity contribution >= 4 is 11.8 Å². The van der Waals surface area contributed by atoms with Crippen LogP contribution in [0.2, 0.25) is 0 Å². The Morgan fingerprint density at radius 1 is 1.57 bits per heavy atom. The summed E-state index contributed by atoms with van der Waals surface area (Å²) in [6, 6.07) is 2.59. The summed E-state index contributed by atoms with van der Waals surface area (Å²) in [5.74, 6) is 2.46. The highest BCUT2D eigenvalue weighted by Gasteiger charge is 2.01. The number of thioether (sulfide) groups is 1. The third-order valence-corrected chi connectivity index (χ3v) is 3.07. The topological polar surface area (TPSA) is 25.2 Å². The molecule has 1 aromatic heterocycles. The SMILES string of the molecule is CCSCCC(C)NCc1ccoc1. The molecule has 1 heterocycles. The van der Waals surface area contributed by atoms with Crippen LogP contribution in [0.5, 0.6) is 0 Å². The summed E-state index contributed by atoms with van der Waals surface area (Å²) in [6.07, 6.45) is 4.74. The van der Waals surface area contributed by atoms with Crippen molar-refractivity contribution in [2.45, 2.75) is 32.9 Å². The number of nitrogens with one attached hydrogen (secondary N) is 1. The van der Waals surface area contributed by atoms with Crippen molar-refractivity contribution in [2.24, 2.45) is 0 Å². The van der Waals surface area contributed by atoms with Gasteiger partial charge in [-0.05, 0) is 30.9 Å². The van der Waals surface area contributed by atoms with E-state index in [1.54, 1.807) is 12.5 Å². The number of hydrogen-bond acceptors (Lipinski definition) is 3. The molecule has 0 amide bonds. The molecule has 0 bridgehead atoms. The van der Waals surface area contributed by atoms with Crippen LogP contribution in [-0.2, 0) is 6.54 Å². The molecule has 0 fully saturated rings. The molecule has 0 aromatic carbocycles. The van der Waals surface area contributed by atoms with E-state index in [9.17, 15) is 0 Å². The maximum Gasteiger partial charge on any atom is 0.0947 e. The molecule has 1 rings (SSSR count). The monoisotopic (exact) mass is 213 g/mol. The van der Waals surface area contributed by atoms with Crippen LogP contribution < -0.4 is 5.32 Å². The highest BCUT2D eigenvalue weighted by atomic mass is 32.2. The van der Waals surface area contributed by atoms with Crippen molar-refractivity contribution in [2.75, 3.05) is 11.5 Å². The van der Waals surface area contributed by atoms with Gasteiger partial charge < -0.3 is 9.73 Å². The van der Waals surface area contributed by atoms with Gasteiger partial charge in [0, 0.05) is 18.2 Å². The first-order chi connectivity index (χ1) is 6.83. The molecule has 2 nitrogen and oxygen atoms in total. The van der Waals surface area contributed by atoms with Crippen molar-refractivity contribution in [3.05, 3.63) is 24.2 Å². The minimum Gasteiger partial charge on any atom is -0.472 e. The Morgan fingerprint density at radius 3 is 3.07 bits per heavy atom. The van der Waals surface area contributed by atoms with Crippen molar-refractivity contribution in [1.29, 1.82) is 0 Å². The van der Waals surface area contributed by atoms with Crippen molar-refractivity contribution in [3.8, 4) is 0 Å². The van der Waals surface area contributed by atoms with Gasteiger partial charge in [-0.25, -0.2) is 0 Å². The molecule has 14 heavy (non-hydrogen) atoms. The average molecular weight is 213 g/mol. The van der Waals surface area contributed by atoms with Crippen LogP contribution in [0.3, 0.4) is 0 Å². The van der Waals surface area contributed by atoms with E-state index in [4.69, 9.17) is 4.42 Å². The van der Waals surface area contributed by atoms with E-state index >= 15 is 0 Å². The molecule has 1 atom stereocenters. The van der Waals surface area contributed by atoms with E-state index in [1.165, 1.54) is 23.5 Å². The van der Waals surface area contributed by atoms with Gasteiger partial charge in [-0.15, -0.1) is 0 Å². The second kappa shape index (κ2) is 6.96. The Kier molecular flexibility index (Phi) is 5.80. The minimum absolute atomic E-state index is 0.587. The molecule has 1 unspecified atom stereocenters. The first-order valence-electron chi connectivity index (χ1n) is 5.15. The fourth-order valence-electron chi connectivity index (χ4n) is 1.19. The van der Waals surface area contributed by atoms with Crippen molar-refractivity contribution in [3.63, 3.8) is 0 Å². The predicted octanol–water partition coefficient (Wildman–Crippen LogP) is 2.90. The third kappa shape index (κ3) is 4.72. The van der Waals surface area contributed by atoms with Crippen LogP contribution in [0.15, 0.2) is 23.0 Å². The molecular formula is C11H19NOS. The van der Waals surface area contributed by atoms with Gasteiger partial charge in [0.1, 0.15) is 0 Å². The fraction of sp³-hybridized carbons (Fsp3) is 0.636. The number of furan rings is 1. The second-order valence-corrected chi connectivity index (χ2v) is 4.79. The fourth-order valence-corrected chi connectivity index (χ4v) is 2.00. The van der Waals surface area contributed by atoms with Crippen LogP contribution in [0.1, 0.15) is 25.8 Å². The Balaban J connectivity index is 2.06. The van der Waals surface area contributed by atoms with Crippen LogP contribution in [0.25, 0.3) is 0 Å². The van der Waals surface area contributed by atoms with Gasteiger partial charge >= 0.3 is 0 Å². The first-order valence-corrected chi connectivity index (χ1v) is 6.30. The lowest BCUT2D eigenvalue weighted by Crippen LogP contribution is -2.25. The normalized spacial score (nSPS) is 13.0. The molecule has 1 aromatic rings. The zero-order chi connectivity index (χ0) is 10.2. The molecule has 0 aliphatic heterocycles. The van der Waals surface area contributed by atoms with E-state index in [0.717, 1.165) is 6.54 Å². The molecule has 0 saturated carbocycles. The Bertz CT molecular complexity index is 223. The van der Waals surface area contributed by atoms with E-state index in [-0.39, 0.29) is 0 Å². The van der Waals surface area contributed by atoms with Gasteiger partial charge in [-0.3, -0.25) is 0 Å². The predicted molar refractivity (Wildman–Crippen MR) is 62.6 cm³/mol. The van der Waals surface area contributed by atoms with Gasteiger partial charge in [-0.1, -0.05) is 6.92 Å². The summed E-state index contributed by atoms with van der Waals surface area (Å²) < 4.78 is 5.00. The largest absolute Gasteiger partial charge is 0.472 e. The van der Waals surface area contributed by atoms with Crippen LogP contribution in [-0.4, -0.2) is 17.5 Å². The number of hydrogen-bond donors (Lipinski definition) is 1. The third-order valence-electron chi connectivity index (χ3n) is 2.13. The maximum atomic E-state index is 5.00. The van der Waals surface area contributed by atoms with Crippen LogP contribution in [0.4, 0.5) is 0 Å².